The first kappa shape index (κ1) is 13.9. The van der Waals surface area contributed by atoms with Gasteiger partial charge in [0.2, 0.25) is 0 Å². The van der Waals surface area contributed by atoms with Crippen molar-refractivity contribution >= 4 is 11.6 Å². The first-order valence-electron chi connectivity index (χ1n) is 5.59. The highest BCUT2D eigenvalue weighted by atomic mass is 19.4. The summed E-state index contributed by atoms with van der Waals surface area (Å²) in [6, 6.07) is 5.51. The minimum atomic E-state index is -4.69. The molecule has 0 saturated heterocycles. The van der Waals surface area contributed by atoms with Crippen LogP contribution in [0.15, 0.2) is 36.7 Å². The Hall–Kier alpha value is -2.51. The van der Waals surface area contributed by atoms with Gasteiger partial charge in [-0.3, -0.25) is 0 Å². The first-order chi connectivity index (χ1) is 9.44. The molecule has 0 radical (unpaired) electrons. The Morgan fingerprint density at radius 1 is 1.10 bits per heavy atom. The summed E-state index contributed by atoms with van der Waals surface area (Å²) in [6.45, 7) is 0.356. The lowest BCUT2D eigenvalue weighted by Crippen LogP contribution is -2.17. The van der Waals surface area contributed by atoms with Crippen LogP contribution in [-0.4, -0.2) is 16.3 Å². The summed E-state index contributed by atoms with van der Waals surface area (Å²) in [6.07, 6.45) is -1.74. The average molecular weight is 284 g/mol. The molecule has 0 spiro atoms. The van der Waals surface area contributed by atoms with E-state index in [1.807, 2.05) is 0 Å². The highest BCUT2D eigenvalue weighted by molar-refractivity contribution is 5.55. The van der Waals surface area contributed by atoms with Crippen LogP contribution in [0.4, 0.5) is 24.8 Å². The second kappa shape index (κ2) is 5.64. The molecule has 0 unspecified atom stereocenters. The predicted molar refractivity (Wildman–Crippen MR) is 66.9 cm³/mol. The van der Waals surface area contributed by atoms with Gasteiger partial charge in [0.15, 0.2) is 11.6 Å². The van der Waals surface area contributed by atoms with Crippen LogP contribution in [0.3, 0.4) is 0 Å². The number of anilines is 2. The van der Waals surface area contributed by atoms with Crippen molar-refractivity contribution in [3.63, 3.8) is 0 Å². The lowest BCUT2D eigenvalue weighted by Gasteiger charge is -2.10. The number of benzene rings is 1. The molecule has 8 heteroatoms. The summed E-state index contributed by atoms with van der Waals surface area (Å²) < 4.78 is 39.8. The van der Waals surface area contributed by atoms with Gasteiger partial charge in [0.1, 0.15) is 5.75 Å². The van der Waals surface area contributed by atoms with Crippen LogP contribution in [-0.2, 0) is 6.54 Å². The van der Waals surface area contributed by atoms with Crippen molar-refractivity contribution in [1.29, 1.82) is 0 Å². The molecular weight excluding hydrogens is 273 g/mol. The summed E-state index contributed by atoms with van der Waals surface area (Å²) in [5.41, 5.74) is 6.35. The molecule has 2 aromatic rings. The molecule has 0 saturated carbocycles. The van der Waals surface area contributed by atoms with Gasteiger partial charge in [-0.2, -0.15) is 0 Å². The number of nitrogens with zero attached hydrogens (tertiary/aromatic N) is 2. The Labute approximate surface area is 112 Å². The van der Waals surface area contributed by atoms with E-state index in [-0.39, 0.29) is 11.6 Å². The van der Waals surface area contributed by atoms with Crippen LogP contribution in [0.5, 0.6) is 5.75 Å². The van der Waals surface area contributed by atoms with E-state index >= 15 is 0 Å². The number of hydrogen-bond donors (Lipinski definition) is 2. The highest BCUT2D eigenvalue weighted by Crippen LogP contribution is 2.23. The van der Waals surface area contributed by atoms with E-state index in [9.17, 15) is 13.2 Å². The normalized spacial score (nSPS) is 11.2. The van der Waals surface area contributed by atoms with Crippen LogP contribution in [0.2, 0.25) is 0 Å². The van der Waals surface area contributed by atoms with Crippen molar-refractivity contribution < 1.29 is 17.9 Å². The van der Waals surface area contributed by atoms with E-state index < -0.39 is 6.36 Å². The number of hydrogen-bond acceptors (Lipinski definition) is 5. The maximum atomic E-state index is 12.0. The monoisotopic (exact) mass is 284 g/mol. The van der Waals surface area contributed by atoms with Crippen molar-refractivity contribution in [2.24, 2.45) is 0 Å². The van der Waals surface area contributed by atoms with Gasteiger partial charge in [-0.05, 0) is 17.7 Å². The first-order valence-corrected chi connectivity index (χ1v) is 5.59. The summed E-state index contributed by atoms with van der Waals surface area (Å²) >= 11 is 0. The molecule has 1 aromatic heterocycles. The zero-order valence-corrected chi connectivity index (χ0v) is 10.2. The fourth-order valence-corrected chi connectivity index (χ4v) is 1.48. The van der Waals surface area contributed by atoms with E-state index in [0.29, 0.717) is 12.4 Å². The van der Waals surface area contributed by atoms with Gasteiger partial charge in [0, 0.05) is 18.9 Å². The Morgan fingerprint density at radius 3 is 2.35 bits per heavy atom. The van der Waals surface area contributed by atoms with Gasteiger partial charge in [0.25, 0.3) is 0 Å². The number of ether oxygens (including phenoxy) is 1. The molecule has 0 amide bonds. The lowest BCUT2D eigenvalue weighted by atomic mass is 10.2. The predicted octanol–water partition coefficient (Wildman–Crippen LogP) is 2.57. The number of nitrogens with two attached hydrogens (primary N) is 1. The summed E-state index contributed by atoms with van der Waals surface area (Å²) in [7, 11) is 0. The molecule has 0 aliphatic heterocycles. The van der Waals surface area contributed by atoms with Crippen LogP contribution < -0.4 is 15.8 Å². The highest BCUT2D eigenvalue weighted by Gasteiger charge is 2.30. The van der Waals surface area contributed by atoms with Crippen molar-refractivity contribution in [3.05, 3.63) is 42.2 Å². The van der Waals surface area contributed by atoms with Gasteiger partial charge in [-0.15, -0.1) is 13.2 Å². The van der Waals surface area contributed by atoms with Crippen LogP contribution in [0, 0.1) is 0 Å². The van der Waals surface area contributed by atoms with Crippen molar-refractivity contribution in [1.82, 2.24) is 9.97 Å². The van der Waals surface area contributed by atoms with Crippen LogP contribution in [0.1, 0.15) is 5.56 Å². The maximum Gasteiger partial charge on any atom is 0.573 e. The van der Waals surface area contributed by atoms with E-state index in [0.717, 1.165) is 5.56 Å². The molecule has 106 valence electrons. The minimum absolute atomic E-state index is 0.254. The summed E-state index contributed by atoms with van der Waals surface area (Å²) in [4.78, 5) is 7.84. The van der Waals surface area contributed by atoms with E-state index in [4.69, 9.17) is 5.73 Å². The number of alkyl halides is 3. The van der Waals surface area contributed by atoms with Crippen LogP contribution in [0.25, 0.3) is 0 Å². The van der Waals surface area contributed by atoms with Crippen molar-refractivity contribution in [2.45, 2.75) is 12.9 Å². The third-order valence-electron chi connectivity index (χ3n) is 2.34. The zero-order chi connectivity index (χ0) is 14.6. The van der Waals surface area contributed by atoms with Gasteiger partial charge >= 0.3 is 6.36 Å². The molecule has 2 rings (SSSR count). The van der Waals surface area contributed by atoms with E-state index in [1.165, 1.54) is 36.7 Å². The summed E-state index contributed by atoms with van der Waals surface area (Å²) in [5, 5.41) is 2.94. The van der Waals surface area contributed by atoms with Crippen molar-refractivity contribution in [3.8, 4) is 5.75 Å². The molecule has 5 nitrogen and oxygen atoms in total. The molecule has 20 heavy (non-hydrogen) atoms. The standard InChI is InChI=1S/C12H11F3N4O/c13-12(14,15)20-9-3-1-8(2-4-9)7-19-11-10(16)17-5-6-18-11/h1-6H,7H2,(H2,16,17)(H,18,19). The Morgan fingerprint density at radius 2 is 1.75 bits per heavy atom. The maximum absolute atomic E-state index is 12.0. The average Bonchev–Trinajstić information content (AvgIpc) is 2.38. The number of nitrogens with one attached hydrogen (secondary N) is 1. The Bertz CT molecular complexity index is 572. The molecule has 0 aliphatic carbocycles. The van der Waals surface area contributed by atoms with Crippen LogP contribution >= 0.6 is 0 Å². The Kier molecular flexibility index (Phi) is 3.92. The van der Waals surface area contributed by atoms with Gasteiger partial charge in [-0.25, -0.2) is 9.97 Å². The lowest BCUT2D eigenvalue weighted by molar-refractivity contribution is -0.274. The molecule has 1 heterocycles. The molecule has 1 aromatic carbocycles. The second-order valence-electron chi connectivity index (χ2n) is 3.84. The molecule has 0 atom stereocenters. The quantitative estimate of drug-likeness (QED) is 0.902. The molecule has 0 bridgehead atoms. The van der Waals surface area contributed by atoms with Crippen molar-refractivity contribution in [2.75, 3.05) is 11.1 Å². The molecule has 0 aliphatic rings. The smallest absolute Gasteiger partial charge is 0.406 e. The molecule has 0 fully saturated rings. The fourth-order valence-electron chi connectivity index (χ4n) is 1.48. The number of nitrogen functional groups attached to an aromatic ring is 1. The van der Waals surface area contributed by atoms with Gasteiger partial charge in [-0.1, -0.05) is 12.1 Å². The third kappa shape index (κ3) is 4.01. The fraction of sp³-hybridized carbons (Fsp3) is 0.167. The van der Waals surface area contributed by atoms with Gasteiger partial charge in [0.05, 0.1) is 0 Å². The molecular formula is C12H11F3N4O. The summed E-state index contributed by atoms with van der Waals surface area (Å²) in [5.74, 6) is 0.410. The number of rotatable bonds is 4. The Balaban J connectivity index is 1.96. The number of aromatic nitrogens is 2. The van der Waals surface area contributed by atoms with E-state index in [1.54, 1.807) is 0 Å². The SMILES string of the molecule is Nc1nccnc1NCc1ccc(OC(F)(F)F)cc1. The minimum Gasteiger partial charge on any atom is -0.406 e. The zero-order valence-electron chi connectivity index (χ0n) is 10.2. The largest absolute Gasteiger partial charge is 0.573 e. The van der Waals surface area contributed by atoms with Gasteiger partial charge < -0.3 is 15.8 Å². The topological polar surface area (TPSA) is 73.1 Å². The number of halogens is 3. The molecule has 3 N–H and O–H groups in total. The third-order valence-corrected chi connectivity index (χ3v) is 2.34. The second-order valence-corrected chi connectivity index (χ2v) is 3.84. The van der Waals surface area contributed by atoms with E-state index in [2.05, 4.69) is 20.0 Å².